The Morgan fingerprint density at radius 2 is 2.00 bits per heavy atom. The summed E-state index contributed by atoms with van der Waals surface area (Å²) in [6, 6.07) is 0. The SMILES string of the molecule is CCN(CC)C(N)=NCCc1nc(C(F)(F)F)cs1.I. The van der Waals surface area contributed by atoms with Crippen molar-refractivity contribution < 1.29 is 13.2 Å². The molecular formula is C11H18F3IN4S. The molecule has 0 aliphatic rings. The van der Waals surface area contributed by atoms with Crippen molar-refractivity contribution in [1.29, 1.82) is 0 Å². The number of thiazole rings is 1. The Kier molecular flexibility index (Phi) is 8.40. The first-order chi connectivity index (χ1) is 8.88. The second-order valence-corrected chi connectivity index (χ2v) is 4.73. The molecule has 9 heteroatoms. The van der Waals surface area contributed by atoms with Gasteiger partial charge in [-0.15, -0.1) is 35.3 Å². The van der Waals surface area contributed by atoms with E-state index < -0.39 is 11.9 Å². The van der Waals surface area contributed by atoms with Crippen LogP contribution in [-0.4, -0.2) is 35.5 Å². The van der Waals surface area contributed by atoms with Crippen molar-refractivity contribution in [2.75, 3.05) is 19.6 Å². The second-order valence-electron chi connectivity index (χ2n) is 3.79. The maximum absolute atomic E-state index is 12.3. The van der Waals surface area contributed by atoms with Gasteiger partial charge in [0.1, 0.15) is 0 Å². The van der Waals surface area contributed by atoms with Gasteiger partial charge in [0, 0.05) is 31.4 Å². The van der Waals surface area contributed by atoms with Crippen molar-refractivity contribution in [2.45, 2.75) is 26.4 Å². The first kappa shape index (κ1) is 19.4. The molecule has 0 amide bonds. The standard InChI is InChI=1S/C11H17F3N4S.HI/c1-3-18(4-2)10(15)16-6-5-9-17-8(7-19-9)11(12,13)14;/h7H,3-6H2,1-2H3,(H2,15,16);1H. The number of aromatic nitrogens is 1. The highest BCUT2D eigenvalue weighted by atomic mass is 127. The Balaban J connectivity index is 0.00000361. The molecule has 0 fully saturated rings. The van der Waals surface area contributed by atoms with E-state index in [1.165, 1.54) is 0 Å². The Hall–Kier alpha value is -0.580. The molecule has 0 aliphatic heterocycles. The van der Waals surface area contributed by atoms with Crippen molar-refractivity contribution in [3.05, 3.63) is 16.1 Å². The zero-order valence-corrected chi connectivity index (χ0v) is 14.4. The van der Waals surface area contributed by atoms with E-state index in [0.29, 0.717) is 23.9 Å². The molecule has 0 bridgehead atoms. The maximum atomic E-state index is 12.3. The van der Waals surface area contributed by atoms with E-state index in [1.54, 1.807) is 0 Å². The van der Waals surface area contributed by atoms with E-state index >= 15 is 0 Å². The molecule has 0 saturated carbocycles. The van der Waals surface area contributed by atoms with Gasteiger partial charge < -0.3 is 10.6 Å². The molecular weight excluding hydrogens is 404 g/mol. The minimum absolute atomic E-state index is 0. The van der Waals surface area contributed by atoms with Crippen LogP contribution in [0, 0.1) is 0 Å². The van der Waals surface area contributed by atoms with E-state index in [2.05, 4.69) is 9.98 Å². The van der Waals surface area contributed by atoms with E-state index in [4.69, 9.17) is 5.73 Å². The maximum Gasteiger partial charge on any atom is 0.434 e. The Morgan fingerprint density at radius 3 is 2.45 bits per heavy atom. The van der Waals surface area contributed by atoms with Crippen molar-refractivity contribution in [3.8, 4) is 0 Å². The molecule has 0 unspecified atom stereocenters. The monoisotopic (exact) mass is 422 g/mol. The number of nitrogens with zero attached hydrogens (tertiary/aromatic N) is 3. The summed E-state index contributed by atoms with van der Waals surface area (Å²) in [5.41, 5.74) is 4.92. The van der Waals surface area contributed by atoms with Gasteiger partial charge in [-0.25, -0.2) is 4.98 Å². The van der Waals surface area contributed by atoms with Gasteiger partial charge in [0.2, 0.25) is 0 Å². The molecule has 116 valence electrons. The fourth-order valence-electron chi connectivity index (χ4n) is 1.47. The van der Waals surface area contributed by atoms with Crippen molar-refractivity contribution in [3.63, 3.8) is 0 Å². The van der Waals surface area contributed by atoms with E-state index in [9.17, 15) is 13.2 Å². The minimum Gasteiger partial charge on any atom is -0.370 e. The van der Waals surface area contributed by atoms with Gasteiger partial charge >= 0.3 is 6.18 Å². The van der Waals surface area contributed by atoms with Crippen LogP contribution >= 0.6 is 35.3 Å². The van der Waals surface area contributed by atoms with Gasteiger partial charge in [0.05, 0.1) is 5.01 Å². The average molecular weight is 422 g/mol. The van der Waals surface area contributed by atoms with Crippen LogP contribution < -0.4 is 5.73 Å². The third-order valence-electron chi connectivity index (χ3n) is 2.53. The topological polar surface area (TPSA) is 54.5 Å². The zero-order valence-electron chi connectivity index (χ0n) is 11.3. The number of aliphatic imine (C=N–C) groups is 1. The van der Waals surface area contributed by atoms with Gasteiger partial charge in [-0.05, 0) is 13.8 Å². The van der Waals surface area contributed by atoms with E-state index in [-0.39, 0.29) is 24.0 Å². The van der Waals surface area contributed by atoms with Gasteiger partial charge in [-0.1, -0.05) is 0 Å². The summed E-state index contributed by atoms with van der Waals surface area (Å²) in [6.45, 7) is 5.76. The smallest absolute Gasteiger partial charge is 0.370 e. The lowest BCUT2D eigenvalue weighted by atomic mass is 10.4. The zero-order chi connectivity index (χ0) is 14.5. The van der Waals surface area contributed by atoms with Gasteiger partial charge in [-0.3, -0.25) is 4.99 Å². The molecule has 1 heterocycles. The van der Waals surface area contributed by atoms with Crippen molar-refractivity contribution >= 4 is 41.3 Å². The molecule has 1 aromatic heterocycles. The van der Waals surface area contributed by atoms with Crippen LogP contribution in [0.3, 0.4) is 0 Å². The van der Waals surface area contributed by atoms with Crippen LogP contribution in [0.5, 0.6) is 0 Å². The summed E-state index contributed by atoms with van der Waals surface area (Å²) < 4.78 is 37.0. The highest BCUT2D eigenvalue weighted by Crippen LogP contribution is 2.30. The largest absolute Gasteiger partial charge is 0.434 e. The molecule has 4 nitrogen and oxygen atoms in total. The van der Waals surface area contributed by atoms with Crippen LogP contribution in [0.2, 0.25) is 0 Å². The number of rotatable bonds is 5. The first-order valence-electron chi connectivity index (χ1n) is 5.95. The molecule has 20 heavy (non-hydrogen) atoms. The third-order valence-corrected chi connectivity index (χ3v) is 3.44. The predicted octanol–water partition coefficient (Wildman–Crippen LogP) is 2.98. The Morgan fingerprint density at radius 1 is 1.40 bits per heavy atom. The lowest BCUT2D eigenvalue weighted by Gasteiger charge is -2.19. The molecule has 0 saturated heterocycles. The molecule has 0 aliphatic carbocycles. The molecule has 0 radical (unpaired) electrons. The van der Waals surface area contributed by atoms with Gasteiger partial charge in [0.15, 0.2) is 11.7 Å². The summed E-state index contributed by atoms with van der Waals surface area (Å²) in [5, 5.41) is 1.44. The second kappa shape index (κ2) is 8.65. The van der Waals surface area contributed by atoms with Crippen LogP contribution in [0.4, 0.5) is 13.2 Å². The number of alkyl halides is 3. The fraction of sp³-hybridized carbons (Fsp3) is 0.636. The quantitative estimate of drug-likeness (QED) is 0.451. The van der Waals surface area contributed by atoms with Crippen LogP contribution in [-0.2, 0) is 12.6 Å². The van der Waals surface area contributed by atoms with E-state index in [1.807, 2.05) is 18.7 Å². The molecule has 1 aromatic rings. The normalized spacial score (nSPS) is 12.2. The Bertz CT molecular complexity index is 430. The third kappa shape index (κ3) is 5.81. The highest BCUT2D eigenvalue weighted by molar-refractivity contribution is 14.0. The number of hydrogen-bond donors (Lipinski definition) is 1. The molecule has 0 aromatic carbocycles. The highest BCUT2D eigenvalue weighted by Gasteiger charge is 2.33. The average Bonchev–Trinajstić information content (AvgIpc) is 2.79. The summed E-state index contributed by atoms with van der Waals surface area (Å²) in [4.78, 5) is 9.55. The molecule has 2 N–H and O–H groups in total. The Labute approximate surface area is 137 Å². The summed E-state index contributed by atoms with van der Waals surface area (Å²) in [5.74, 6) is 0.414. The molecule has 1 rings (SSSR count). The van der Waals surface area contributed by atoms with Gasteiger partial charge in [-0.2, -0.15) is 13.2 Å². The number of hydrogen-bond acceptors (Lipinski definition) is 3. The molecule has 0 spiro atoms. The fourth-order valence-corrected chi connectivity index (χ4v) is 2.26. The van der Waals surface area contributed by atoms with Crippen LogP contribution in [0.1, 0.15) is 24.5 Å². The number of guanidine groups is 1. The number of nitrogens with two attached hydrogens (primary N) is 1. The predicted molar refractivity (Wildman–Crippen MR) is 85.6 cm³/mol. The van der Waals surface area contributed by atoms with Crippen molar-refractivity contribution in [1.82, 2.24) is 9.88 Å². The van der Waals surface area contributed by atoms with Crippen LogP contribution in [0.15, 0.2) is 10.4 Å². The first-order valence-corrected chi connectivity index (χ1v) is 6.82. The minimum atomic E-state index is -4.38. The van der Waals surface area contributed by atoms with Gasteiger partial charge in [0.25, 0.3) is 0 Å². The summed E-state index contributed by atoms with van der Waals surface area (Å²) in [7, 11) is 0. The lowest BCUT2D eigenvalue weighted by Crippen LogP contribution is -2.37. The summed E-state index contributed by atoms with van der Waals surface area (Å²) in [6.07, 6.45) is -4.01. The number of halogens is 4. The lowest BCUT2D eigenvalue weighted by molar-refractivity contribution is -0.140. The molecule has 0 atom stereocenters. The van der Waals surface area contributed by atoms with Crippen molar-refractivity contribution in [2.24, 2.45) is 10.7 Å². The summed E-state index contributed by atoms with van der Waals surface area (Å²) >= 11 is 0.993. The van der Waals surface area contributed by atoms with E-state index in [0.717, 1.165) is 29.8 Å². The van der Waals surface area contributed by atoms with Crippen LogP contribution in [0.25, 0.3) is 0 Å².